The zero-order chi connectivity index (χ0) is 14.2. The van der Waals surface area contributed by atoms with E-state index in [4.69, 9.17) is 9.47 Å². The lowest BCUT2D eigenvalue weighted by atomic mass is 10.3. The molecule has 2 aromatic rings. The van der Waals surface area contributed by atoms with Gasteiger partial charge >= 0.3 is 0 Å². The summed E-state index contributed by atoms with van der Waals surface area (Å²) in [6, 6.07) is 12.8. The fraction of sp³-hybridized carbons (Fsp3) is 0.200. The van der Waals surface area contributed by atoms with Crippen LogP contribution < -0.4 is 14.8 Å². The Labute approximate surface area is 117 Å². The second kappa shape index (κ2) is 7.13. The van der Waals surface area contributed by atoms with Gasteiger partial charge in [-0.05, 0) is 24.3 Å². The lowest BCUT2D eigenvalue weighted by Gasteiger charge is -2.08. The van der Waals surface area contributed by atoms with E-state index in [0.29, 0.717) is 18.1 Å². The molecule has 1 amide bonds. The van der Waals surface area contributed by atoms with Crippen molar-refractivity contribution in [2.75, 3.05) is 13.7 Å². The third-order valence-corrected chi connectivity index (χ3v) is 2.57. The highest BCUT2D eigenvalue weighted by Crippen LogP contribution is 2.20. The first-order valence-electron chi connectivity index (χ1n) is 6.24. The normalized spacial score (nSPS) is 9.85. The zero-order valence-corrected chi connectivity index (χ0v) is 11.2. The largest absolute Gasteiger partial charge is 0.487 e. The van der Waals surface area contributed by atoms with Crippen molar-refractivity contribution in [2.24, 2.45) is 0 Å². The quantitative estimate of drug-likeness (QED) is 0.871. The minimum Gasteiger partial charge on any atom is -0.487 e. The van der Waals surface area contributed by atoms with E-state index in [0.717, 1.165) is 5.69 Å². The van der Waals surface area contributed by atoms with Gasteiger partial charge in [0.1, 0.15) is 18.1 Å². The highest BCUT2D eigenvalue weighted by atomic mass is 16.5. The number of amides is 1. The van der Waals surface area contributed by atoms with Gasteiger partial charge in [0.25, 0.3) is 5.91 Å². The lowest BCUT2D eigenvalue weighted by molar-refractivity contribution is -0.122. The van der Waals surface area contributed by atoms with Gasteiger partial charge in [0, 0.05) is 19.3 Å². The number of benzene rings is 1. The molecule has 0 aliphatic heterocycles. The van der Waals surface area contributed by atoms with Gasteiger partial charge in [0.05, 0.1) is 5.69 Å². The van der Waals surface area contributed by atoms with Crippen LogP contribution in [0.25, 0.3) is 0 Å². The molecule has 1 aromatic heterocycles. The highest BCUT2D eigenvalue weighted by molar-refractivity contribution is 5.77. The molecule has 1 aromatic carbocycles. The SMILES string of the molecule is CNC(=O)COc1cccc(OCc2ccccn2)c1. The Morgan fingerprint density at radius 1 is 1.15 bits per heavy atom. The van der Waals surface area contributed by atoms with Gasteiger partial charge in [-0.2, -0.15) is 0 Å². The molecule has 0 bridgehead atoms. The van der Waals surface area contributed by atoms with E-state index in [1.165, 1.54) is 0 Å². The van der Waals surface area contributed by atoms with Crippen LogP contribution in [0.3, 0.4) is 0 Å². The number of carbonyl (C=O) groups excluding carboxylic acids is 1. The average Bonchev–Trinajstić information content (AvgIpc) is 2.52. The molecule has 0 saturated carbocycles. The Kier molecular flexibility index (Phi) is 4.94. The molecule has 0 aliphatic carbocycles. The highest BCUT2D eigenvalue weighted by Gasteiger charge is 2.02. The molecule has 5 nitrogen and oxygen atoms in total. The van der Waals surface area contributed by atoms with Gasteiger partial charge < -0.3 is 14.8 Å². The van der Waals surface area contributed by atoms with E-state index in [9.17, 15) is 4.79 Å². The number of nitrogens with one attached hydrogen (secondary N) is 1. The zero-order valence-electron chi connectivity index (χ0n) is 11.2. The van der Waals surface area contributed by atoms with E-state index in [1.807, 2.05) is 30.3 Å². The summed E-state index contributed by atoms with van der Waals surface area (Å²) < 4.78 is 11.0. The van der Waals surface area contributed by atoms with Gasteiger partial charge in [-0.1, -0.05) is 12.1 Å². The number of likely N-dealkylation sites (N-methyl/N-ethyl adjacent to an activating group) is 1. The summed E-state index contributed by atoms with van der Waals surface area (Å²) in [5.74, 6) is 1.09. The topological polar surface area (TPSA) is 60.5 Å². The minimum absolute atomic E-state index is 0.0137. The number of aromatic nitrogens is 1. The van der Waals surface area contributed by atoms with Crippen LogP contribution in [-0.2, 0) is 11.4 Å². The number of hydrogen-bond donors (Lipinski definition) is 1. The molecule has 20 heavy (non-hydrogen) atoms. The fourth-order valence-corrected chi connectivity index (χ4v) is 1.52. The van der Waals surface area contributed by atoms with Crippen LogP contribution in [0, 0.1) is 0 Å². The molecule has 1 heterocycles. The van der Waals surface area contributed by atoms with Gasteiger partial charge in [-0.3, -0.25) is 9.78 Å². The molecule has 0 atom stereocenters. The first-order chi connectivity index (χ1) is 9.78. The van der Waals surface area contributed by atoms with Crippen molar-refractivity contribution in [1.82, 2.24) is 10.3 Å². The van der Waals surface area contributed by atoms with Crippen molar-refractivity contribution < 1.29 is 14.3 Å². The number of ether oxygens (including phenoxy) is 2. The van der Waals surface area contributed by atoms with Crippen molar-refractivity contribution in [3.8, 4) is 11.5 Å². The average molecular weight is 272 g/mol. The first kappa shape index (κ1) is 13.9. The maximum absolute atomic E-state index is 11.1. The van der Waals surface area contributed by atoms with Crippen LogP contribution in [0.4, 0.5) is 0 Å². The minimum atomic E-state index is -0.176. The van der Waals surface area contributed by atoms with Crippen LogP contribution in [0.15, 0.2) is 48.7 Å². The fourth-order valence-electron chi connectivity index (χ4n) is 1.52. The third-order valence-electron chi connectivity index (χ3n) is 2.57. The number of rotatable bonds is 6. The Bertz CT molecular complexity index is 558. The van der Waals surface area contributed by atoms with E-state index >= 15 is 0 Å². The Balaban J connectivity index is 1.90. The number of pyridine rings is 1. The summed E-state index contributed by atoms with van der Waals surface area (Å²) in [4.78, 5) is 15.3. The molecule has 0 radical (unpaired) electrons. The van der Waals surface area contributed by atoms with Crippen LogP contribution in [0.1, 0.15) is 5.69 Å². The van der Waals surface area contributed by atoms with Crippen LogP contribution in [-0.4, -0.2) is 24.5 Å². The molecule has 0 unspecified atom stereocenters. The molecule has 0 spiro atoms. The lowest BCUT2D eigenvalue weighted by Crippen LogP contribution is -2.24. The van der Waals surface area contributed by atoms with Crippen LogP contribution in [0.5, 0.6) is 11.5 Å². The number of hydrogen-bond acceptors (Lipinski definition) is 4. The molecule has 0 saturated heterocycles. The van der Waals surface area contributed by atoms with Crippen molar-refractivity contribution in [3.63, 3.8) is 0 Å². The standard InChI is InChI=1S/C15H16N2O3/c1-16-15(18)11-20-14-7-4-6-13(9-14)19-10-12-5-2-3-8-17-12/h2-9H,10-11H2,1H3,(H,16,18). The summed E-state index contributed by atoms with van der Waals surface area (Å²) in [5, 5.41) is 2.49. The van der Waals surface area contributed by atoms with Gasteiger partial charge in [-0.15, -0.1) is 0 Å². The van der Waals surface area contributed by atoms with E-state index < -0.39 is 0 Å². The number of carbonyl (C=O) groups is 1. The Morgan fingerprint density at radius 2 is 1.95 bits per heavy atom. The summed E-state index contributed by atoms with van der Waals surface area (Å²) in [5.41, 5.74) is 0.851. The van der Waals surface area contributed by atoms with E-state index in [1.54, 1.807) is 25.4 Å². The van der Waals surface area contributed by atoms with Crippen molar-refractivity contribution >= 4 is 5.91 Å². The molecule has 2 rings (SSSR count). The molecule has 0 aliphatic rings. The van der Waals surface area contributed by atoms with Crippen molar-refractivity contribution in [1.29, 1.82) is 0 Å². The van der Waals surface area contributed by atoms with Gasteiger partial charge in [0.15, 0.2) is 6.61 Å². The third kappa shape index (κ3) is 4.28. The predicted octanol–water partition coefficient (Wildman–Crippen LogP) is 1.79. The maximum atomic E-state index is 11.1. The first-order valence-corrected chi connectivity index (χ1v) is 6.24. The van der Waals surface area contributed by atoms with Gasteiger partial charge in [-0.25, -0.2) is 0 Å². The molecule has 104 valence electrons. The van der Waals surface area contributed by atoms with Crippen molar-refractivity contribution in [3.05, 3.63) is 54.4 Å². The monoisotopic (exact) mass is 272 g/mol. The maximum Gasteiger partial charge on any atom is 0.257 e. The second-order valence-electron chi connectivity index (χ2n) is 4.05. The van der Waals surface area contributed by atoms with Gasteiger partial charge in [0.2, 0.25) is 0 Å². The molecular formula is C15H16N2O3. The van der Waals surface area contributed by atoms with Crippen molar-refractivity contribution in [2.45, 2.75) is 6.61 Å². The second-order valence-corrected chi connectivity index (χ2v) is 4.05. The summed E-state index contributed by atoms with van der Waals surface area (Å²) in [6.07, 6.45) is 1.72. The summed E-state index contributed by atoms with van der Waals surface area (Å²) >= 11 is 0. The van der Waals surface area contributed by atoms with E-state index in [-0.39, 0.29) is 12.5 Å². The molecule has 5 heteroatoms. The summed E-state index contributed by atoms with van der Waals surface area (Å²) in [6.45, 7) is 0.375. The molecular weight excluding hydrogens is 256 g/mol. The smallest absolute Gasteiger partial charge is 0.257 e. The molecule has 1 N–H and O–H groups in total. The van der Waals surface area contributed by atoms with Crippen LogP contribution in [0.2, 0.25) is 0 Å². The predicted molar refractivity (Wildman–Crippen MR) is 74.6 cm³/mol. The molecule has 0 fully saturated rings. The Morgan fingerprint density at radius 3 is 2.65 bits per heavy atom. The Hall–Kier alpha value is -2.56. The van der Waals surface area contributed by atoms with Crippen LogP contribution >= 0.6 is 0 Å². The summed E-state index contributed by atoms with van der Waals surface area (Å²) in [7, 11) is 1.57. The van der Waals surface area contributed by atoms with E-state index in [2.05, 4.69) is 10.3 Å². The number of nitrogens with zero attached hydrogens (tertiary/aromatic N) is 1.